The quantitative estimate of drug-likeness (QED) is 0.784. The van der Waals surface area contributed by atoms with Crippen molar-refractivity contribution in [2.45, 2.75) is 32.8 Å². The standard InChI is InChI=1S/C16H19F2NO2/c1-16(2,3)21-15(20)19-6-4-11(5-7-19)12-8-13(17)10-14(18)9-12/h4,8-10H,5-7H2,1-3H3. The van der Waals surface area contributed by atoms with E-state index in [2.05, 4.69) is 0 Å². The molecule has 1 aromatic carbocycles. The molecule has 0 spiro atoms. The van der Waals surface area contributed by atoms with E-state index < -0.39 is 17.2 Å². The van der Waals surface area contributed by atoms with Crippen molar-refractivity contribution in [3.63, 3.8) is 0 Å². The van der Waals surface area contributed by atoms with Gasteiger partial charge in [-0.1, -0.05) is 6.08 Å². The Morgan fingerprint density at radius 2 is 1.81 bits per heavy atom. The maximum atomic E-state index is 13.2. The van der Waals surface area contributed by atoms with Gasteiger partial charge in [-0.3, -0.25) is 0 Å². The molecule has 1 amide bonds. The summed E-state index contributed by atoms with van der Waals surface area (Å²) >= 11 is 0. The van der Waals surface area contributed by atoms with Gasteiger partial charge in [0.05, 0.1) is 0 Å². The first kappa shape index (κ1) is 15.5. The topological polar surface area (TPSA) is 29.5 Å². The molecule has 0 bridgehead atoms. The fraction of sp³-hybridized carbons (Fsp3) is 0.438. The molecule has 1 aliphatic rings. The summed E-state index contributed by atoms with van der Waals surface area (Å²) in [6, 6.07) is 3.45. The molecule has 1 aromatic rings. The van der Waals surface area contributed by atoms with Crippen LogP contribution in [0.1, 0.15) is 32.8 Å². The third-order valence-electron chi connectivity index (χ3n) is 3.09. The highest BCUT2D eigenvalue weighted by molar-refractivity contribution is 5.72. The summed E-state index contributed by atoms with van der Waals surface area (Å²) in [7, 11) is 0. The van der Waals surface area contributed by atoms with Crippen molar-refractivity contribution in [1.29, 1.82) is 0 Å². The average Bonchev–Trinajstić information content (AvgIpc) is 2.35. The van der Waals surface area contributed by atoms with Gasteiger partial charge in [0, 0.05) is 19.2 Å². The molecule has 21 heavy (non-hydrogen) atoms. The smallest absolute Gasteiger partial charge is 0.410 e. The van der Waals surface area contributed by atoms with Crippen LogP contribution in [-0.4, -0.2) is 29.7 Å². The molecule has 5 heteroatoms. The Labute approximate surface area is 123 Å². The molecule has 0 aromatic heterocycles. The third-order valence-corrected chi connectivity index (χ3v) is 3.09. The number of carbonyl (C=O) groups is 1. The normalized spacial score (nSPS) is 15.7. The summed E-state index contributed by atoms with van der Waals surface area (Å²) in [4.78, 5) is 13.5. The van der Waals surface area contributed by atoms with Crippen molar-refractivity contribution in [3.05, 3.63) is 41.5 Å². The Kier molecular flexibility index (Phi) is 4.30. The summed E-state index contributed by atoms with van der Waals surface area (Å²) in [5.74, 6) is -1.19. The number of amides is 1. The lowest BCUT2D eigenvalue weighted by atomic mass is 9.99. The van der Waals surface area contributed by atoms with E-state index in [1.165, 1.54) is 12.1 Å². The van der Waals surface area contributed by atoms with Crippen molar-refractivity contribution in [2.24, 2.45) is 0 Å². The van der Waals surface area contributed by atoms with Gasteiger partial charge in [0.2, 0.25) is 0 Å². The summed E-state index contributed by atoms with van der Waals surface area (Å²) in [6.45, 7) is 6.28. The van der Waals surface area contributed by atoms with E-state index in [4.69, 9.17) is 4.74 Å². The van der Waals surface area contributed by atoms with Crippen LogP contribution in [0.2, 0.25) is 0 Å². The third kappa shape index (κ3) is 4.28. The van der Waals surface area contributed by atoms with Gasteiger partial charge in [-0.05, 0) is 50.5 Å². The average molecular weight is 295 g/mol. The molecule has 0 unspecified atom stereocenters. The second kappa shape index (κ2) is 5.84. The van der Waals surface area contributed by atoms with E-state index in [1.54, 1.807) is 4.90 Å². The van der Waals surface area contributed by atoms with Crippen LogP contribution in [0.5, 0.6) is 0 Å². The van der Waals surface area contributed by atoms with Gasteiger partial charge < -0.3 is 9.64 Å². The summed E-state index contributed by atoms with van der Waals surface area (Å²) in [5, 5.41) is 0. The monoisotopic (exact) mass is 295 g/mol. The van der Waals surface area contributed by atoms with Crippen LogP contribution in [-0.2, 0) is 4.74 Å². The highest BCUT2D eigenvalue weighted by atomic mass is 19.1. The van der Waals surface area contributed by atoms with Gasteiger partial charge in [-0.15, -0.1) is 0 Å². The summed E-state index contributed by atoms with van der Waals surface area (Å²) < 4.78 is 31.7. The Hall–Kier alpha value is -1.91. The molecule has 0 N–H and O–H groups in total. The van der Waals surface area contributed by atoms with Gasteiger partial charge >= 0.3 is 6.09 Å². The molecule has 0 saturated carbocycles. The van der Waals surface area contributed by atoms with E-state index in [-0.39, 0.29) is 6.09 Å². The Balaban J connectivity index is 2.06. The number of benzene rings is 1. The second-order valence-electron chi connectivity index (χ2n) is 6.06. The molecule has 0 aliphatic carbocycles. The van der Waals surface area contributed by atoms with Crippen molar-refractivity contribution in [3.8, 4) is 0 Å². The molecular formula is C16H19F2NO2. The van der Waals surface area contributed by atoms with Crippen LogP contribution in [0.15, 0.2) is 24.3 Å². The zero-order valence-electron chi connectivity index (χ0n) is 12.5. The molecule has 2 rings (SSSR count). The first-order valence-corrected chi connectivity index (χ1v) is 6.88. The number of carbonyl (C=O) groups excluding carboxylic acids is 1. The molecule has 0 radical (unpaired) electrons. The molecule has 114 valence electrons. The van der Waals surface area contributed by atoms with E-state index in [9.17, 15) is 13.6 Å². The molecule has 0 saturated heterocycles. The fourth-order valence-corrected chi connectivity index (χ4v) is 2.16. The zero-order chi connectivity index (χ0) is 15.6. The van der Waals surface area contributed by atoms with Crippen LogP contribution in [0.25, 0.3) is 5.57 Å². The van der Waals surface area contributed by atoms with Crippen molar-refractivity contribution in [1.82, 2.24) is 4.90 Å². The lowest BCUT2D eigenvalue weighted by Crippen LogP contribution is -2.39. The van der Waals surface area contributed by atoms with Crippen LogP contribution in [0.3, 0.4) is 0 Å². The molecule has 1 heterocycles. The van der Waals surface area contributed by atoms with Crippen LogP contribution in [0.4, 0.5) is 13.6 Å². The minimum atomic E-state index is -0.597. The number of nitrogens with zero attached hydrogens (tertiary/aromatic N) is 1. The molecule has 0 fully saturated rings. The number of hydrogen-bond acceptors (Lipinski definition) is 2. The van der Waals surface area contributed by atoms with Crippen LogP contribution < -0.4 is 0 Å². The molecule has 1 aliphatic heterocycles. The van der Waals surface area contributed by atoms with Gasteiger partial charge in [0.15, 0.2) is 0 Å². The highest BCUT2D eigenvalue weighted by Gasteiger charge is 2.24. The lowest BCUT2D eigenvalue weighted by molar-refractivity contribution is 0.0270. The second-order valence-corrected chi connectivity index (χ2v) is 6.06. The number of hydrogen-bond donors (Lipinski definition) is 0. The minimum Gasteiger partial charge on any atom is -0.444 e. The first-order valence-electron chi connectivity index (χ1n) is 6.88. The number of ether oxygens (including phenoxy) is 1. The van der Waals surface area contributed by atoms with Gasteiger partial charge in [0.1, 0.15) is 17.2 Å². The van der Waals surface area contributed by atoms with Crippen LogP contribution >= 0.6 is 0 Å². The van der Waals surface area contributed by atoms with E-state index >= 15 is 0 Å². The molecule has 0 atom stereocenters. The lowest BCUT2D eigenvalue weighted by Gasteiger charge is -2.29. The van der Waals surface area contributed by atoms with Crippen molar-refractivity contribution in [2.75, 3.05) is 13.1 Å². The van der Waals surface area contributed by atoms with E-state index in [0.717, 1.165) is 11.6 Å². The minimum absolute atomic E-state index is 0.372. The molecule has 3 nitrogen and oxygen atoms in total. The first-order chi connectivity index (χ1) is 9.74. The van der Waals surface area contributed by atoms with Gasteiger partial charge in [0.25, 0.3) is 0 Å². The Bertz CT molecular complexity index is 556. The van der Waals surface area contributed by atoms with Gasteiger partial charge in [-0.2, -0.15) is 0 Å². The highest BCUT2D eigenvalue weighted by Crippen LogP contribution is 2.24. The zero-order valence-corrected chi connectivity index (χ0v) is 12.5. The van der Waals surface area contributed by atoms with E-state index in [0.29, 0.717) is 25.1 Å². The Morgan fingerprint density at radius 3 is 2.29 bits per heavy atom. The fourth-order valence-electron chi connectivity index (χ4n) is 2.16. The van der Waals surface area contributed by atoms with Crippen molar-refractivity contribution < 1.29 is 18.3 Å². The maximum absolute atomic E-state index is 13.2. The summed E-state index contributed by atoms with van der Waals surface area (Å²) in [5.41, 5.74) is 0.830. The van der Waals surface area contributed by atoms with E-state index in [1.807, 2.05) is 26.8 Å². The van der Waals surface area contributed by atoms with Crippen molar-refractivity contribution >= 4 is 11.7 Å². The number of halogens is 2. The predicted octanol–water partition coefficient (Wildman–Crippen LogP) is 3.99. The predicted molar refractivity (Wildman–Crippen MR) is 76.8 cm³/mol. The maximum Gasteiger partial charge on any atom is 0.410 e. The largest absolute Gasteiger partial charge is 0.444 e. The summed E-state index contributed by atoms with van der Waals surface area (Å²) in [6.07, 6.45) is 1.98. The Morgan fingerprint density at radius 1 is 1.19 bits per heavy atom. The SMILES string of the molecule is CC(C)(C)OC(=O)N1CC=C(c2cc(F)cc(F)c2)CC1. The number of rotatable bonds is 1. The molecular weight excluding hydrogens is 276 g/mol. The van der Waals surface area contributed by atoms with Gasteiger partial charge in [-0.25, -0.2) is 13.6 Å². The van der Waals surface area contributed by atoms with Crippen LogP contribution in [0, 0.1) is 11.6 Å².